The van der Waals surface area contributed by atoms with Crippen LogP contribution in [0.15, 0.2) is 48.9 Å². The van der Waals surface area contributed by atoms with Gasteiger partial charge in [0.15, 0.2) is 0 Å². The molecular weight excluding hydrogens is 449 g/mol. The van der Waals surface area contributed by atoms with Crippen molar-refractivity contribution < 1.29 is 9.90 Å². The summed E-state index contributed by atoms with van der Waals surface area (Å²) in [6.45, 7) is 3.08. The van der Waals surface area contributed by atoms with E-state index in [4.69, 9.17) is 28.5 Å². The molecule has 1 amide bonds. The van der Waals surface area contributed by atoms with Crippen molar-refractivity contribution in [2.24, 2.45) is 0 Å². The van der Waals surface area contributed by atoms with E-state index in [2.05, 4.69) is 15.6 Å². The summed E-state index contributed by atoms with van der Waals surface area (Å²) in [5.41, 5.74) is 2.38. The van der Waals surface area contributed by atoms with E-state index < -0.39 is 6.10 Å². The second kappa shape index (κ2) is 11.0. The number of benzene rings is 1. The first-order valence-corrected chi connectivity index (χ1v) is 10.8. The molecule has 7 nitrogen and oxygen atoms in total. The Morgan fingerprint density at radius 3 is 2.72 bits per heavy atom. The zero-order valence-electron chi connectivity index (χ0n) is 17.5. The number of anilines is 1. The molecule has 0 bridgehead atoms. The molecule has 0 unspecified atom stereocenters. The van der Waals surface area contributed by atoms with Gasteiger partial charge in [0.05, 0.1) is 17.2 Å². The predicted molar refractivity (Wildman–Crippen MR) is 126 cm³/mol. The van der Waals surface area contributed by atoms with Crippen LogP contribution in [-0.4, -0.2) is 39.8 Å². The standard InChI is InChI=1S/C23H23Cl2N5O2/c1-15(31)11-29-23(32)20-14-30(13-19(20)18-5-4-17(24)9-21(18)25)8-2-7-27-22-6-3-16(10-26)12-28-22/h3-6,9,12-15,31H,2,7-8,11H2,1H3,(H,27,28)(H,29,32)/t15-/m0/s1. The van der Waals surface area contributed by atoms with Gasteiger partial charge in [0.25, 0.3) is 5.91 Å². The zero-order chi connectivity index (χ0) is 23.1. The molecular formula is C23H23Cl2N5O2. The number of aliphatic hydroxyl groups excluding tert-OH is 1. The van der Waals surface area contributed by atoms with Crippen LogP contribution in [0.2, 0.25) is 10.0 Å². The van der Waals surface area contributed by atoms with Crippen LogP contribution < -0.4 is 10.6 Å². The maximum atomic E-state index is 12.8. The fraction of sp³-hybridized carbons (Fsp3) is 0.261. The van der Waals surface area contributed by atoms with Crippen molar-refractivity contribution in [2.45, 2.75) is 26.0 Å². The molecule has 2 aromatic heterocycles. The normalized spacial score (nSPS) is 11.6. The average molecular weight is 472 g/mol. The van der Waals surface area contributed by atoms with E-state index in [-0.39, 0.29) is 12.5 Å². The van der Waals surface area contributed by atoms with Crippen LogP contribution in [0.25, 0.3) is 11.1 Å². The number of nitrogens with zero attached hydrogens (tertiary/aromatic N) is 3. The molecule has 0 aliphatic carbocycles. The van der Waals surface area contributed by atoms with Gasteiger partial charge in [-0.25, -0.2) is 4.98 Å². The van der Waals surface area contributed by atoms with Gasteiger partial charge in [0, 0.05) is 59.4 Å². The number of carbonyl (C=O) groups is 1. The molecule has 2 heterocycles. The van der Waals surface area contributed by atoms with Crippen molar-refractivity contribution in [1.82, 2.24) is 14.9 Å². The summed E-state index contributed by atoms with van der Waals surface area (Å²) >= 11 is 12.4. The number of carbonyl (C=O) groups excluding carboxylic acids is 1. The van der Waals surface area contributed by atoms with Crippen LogP contribution in [0.3, 0.4) is 0 Å². The number of aliphatic hydroxyl groups is 1. The number of amides is 1. The molecule has 9 heteroatoms. The van der Waals surface area contributed by atoms with Crippen LogP contribution in [0.1, 0.15) is 29.3 Å². The van der Waals surface area contributed by atoms with Crippen molar-refractivity contribution in [2.75, 3.05) is 18.4 Å². The highest BCUT2D eigenvalue weighted by molar-refractivity contribution is 6.36. The van der Waals surface area contributed by atoms with Gasteiger partial charge in [0.1, 0.15) is 11.9 Å². The molecule has 0 spiro atoms. The Kier molecular flexibility index (Phi) is 8.12. The Hall–Kier alpha value is -3.05. The smallest absolute Gasteiger partial charge is 0.253 e. The monoisotopic (exact) mass is 471 g/mol. The molecule has 0 aliphatic rings. The van der Waals surface area contributed by atoms with Gasteiger partial charge in [0.2, 0.25) is 0 Å². The van der Waals surface area contributed by atoms with Gasteiger partial charge >= 0.3 is 0 Å². The number of hydrogen-bond donors (Lipinski definition) is 3. The van der Waals surface area contributed by atoms with Gasteiger partial charge < -0.3 is 20.3 Å². The SMILES string of the molecule is C[C@H](O)CNC(=O)c1cn(CCCNc2ccc(C#N)cn2)cc1-c1ccc(Cl)cc1Cl. The lowest BCUT2D eigenvalue weighted by Gasteiger charge is -2.09. The number of aryl methyl sites for hydroxylation is 1. The van der Waals surface area contributed by atoms with Gasteiger partial charge in [-0.05, 0) is 37.6 Å². The summed E-state index contributed by atoms with van der Waals surface area (Å²) in [4.78, 5) is 16.9. The molecule has 1 aromatic carbocycles. The third kappa shape index (κ3) is 6.24. The first-order chi connectivity index (χ1) is 15.4. The van der Waals surface area contributed by atoms with E-state index in [0.717, 1.165) is 6.42 Å². The summed E-state index contributed by atoms with van der Waals surface area (Å²) in [5, 5.41) is 25.3. The van der Waals surface area contributed by atoms with Crippen LogP contribution in [0.4, 0.5) is 5.82 Å². The molecule has 166 valence electrons. The Morgan fingerprint density at radius 2 is 2.06 bits per heavy atom. The second-order valence-electron chi connectivity index (χ2n) is 7.33. The number of nitriles is 1. The maximum absolute atomic E-state index is 12.8. The molecule has 0 saturated carbocycles. The highest BCUT2D eigenvalue weighted by atomic mass is 35.5. The van der Waals surface area contributed by atoms with Crippen LogP contribution in [0.5, 0.6) is 0 Å². The van der Waals surface area contributed by atoms with Crippen molar-refractivity contribution in [3.8, 4) is 17.2 Å². The van der Waals surface area contributed by atoms with Crippen molar-refractivity contribution in [1.29, 1.82) is 5.26 Å². The number of aromatic nitrogens is 2. The Labute approximate surface area is 196 Å². The fourth-order valence-corrected chi connectivity index (χ4v) is 3.63. The van der Waals surface area contributed by atoms with Crippen molar-refractivity contribution in [3.63, 3.8) is 0 Å². The molecule has 3 rings (SSSR count). The van der Waals surface area contributed by atoms with Gasteiger partial charge in [-0.1, -0.05) is 29.3 Å². The molecule has 32 heavy (non-hydrogen) atoms. The van der Waals surface area contributed by atoms with E-state index in [9.17, 15) is 9.90 Å². The van der Waals surface area contributed by atoms with Crippen LogP contribution >= 0.6 is 23.2 Å². The second-order valence-corrected chi connectivity index (χ2v) is 8.17. The largest absolute Gasteiger partial charge is 0.392 e. The van der Waals surface area contributed by atoms with Crippen molar-refractivity contribution >= 4 is 34.9 Å². The molecule has 3 aromatic rings. The maximum Gasteiger partial charge on any atom is 0.253 e. The molecule has 0 saturated heterocycles. The minimum Gasteiger partial charge on any atom is -0.392 e. The summed E-state index contributed by atoms with van der Waals surface area (Å²) in [5.74, 6) is 0.411. The van der Waals surface area contributed by atoms with E-state index in [1.165, 1.54) is 6.20 Å². The molecule has 1 atom stereocenters. The minimum atomic E-state index is -0.648. The summed E-state index contributed by atoms with van der Waals surface area (Å²) in [6.07, 6.45) is 5.31. The average Bonchev–Trinajstić information content (AvgIpc) is 3.19. The number of hydrogen-bond acceptors (Lipinski definition) is 5. The zero-order valence-corrected chi connectivity index (χ0v) is 19.0. The topological polar surface area (TPSA) is 103 Å². The lowest BCUT2D eigenvalue weighted by Crippen LogP contribution is -2.30. The van der Waals surface area contributed by atoms with E-state index in [1.54, 1.807) is 43.5 Å². The molecule has 3 N–H and O–H groups in total. The molecule has 0 radical (unpaired) electrons. The van der Waals surface area contributed by atoms with Crippen LogP contribution in [0, 0.1) is 11.3 Å². The number of rotatable bonds is 9. The third-order valence-corrected chi connectivity index (χ3v) is 5.24. The highest BCUT2D eigenvalue weighted by Crippen LogP contribution is 2.33. The predicted octanol–water partition coefficient (Wildman–Crippen LogP) is 4.34. The van der Waals surface area contributed by atoms with Gasteiger partial charge in [-0.2, -0.15) is 5.26 Å². The fourth-order valence-electron chi connectivity index (χ4n) is 3.12. The van der Waals surface area contributed by atoms with Crippen LogP contribution in [-0.2, 0) is 6.54 Å². The summed E-state index contributed by atoms with van der Waals surface area (Å²) < 4.78 is 1.94. The summed E-state index contributed by atoms with van der Waals surface area (Å²) in [6, 6.07) is 10.7. The quantitative estimate of drug-likeness (QED) is 0.402. The first kappa shape index (κ1) is 23.6. The lowest BCUT2D eigenvalue weighted by atomic mass is 10.0. The Morgan fingerprint density at radius 1 is 1.25 bits per heavy atom. The first-order valence-electron chi connectivity index (χ1n) is 10.1. The molecule has 0 fully saturated rings. The summed E-state index contributed by atoms with van der Waals surface area (Å²) in [7, 11) is 0. The number of pyridine rings is 1. The number of halogens is 2. The van der Waals surface area contributed by atoms with E-state index in [1.807, 2.05) is 16.8 Å². The van der Waals surface area contributed by atoms with E-state index >= 15 is 0 Å². The highest BCUT2D eigenvalue weighted by Gasteiger charge is 2.18. The minimum absolute atomic E-state index is 0.152. The lowest BCUT2D eigenvalue weighted by molar-refractivity contribution is 0.0924. The Bertz CT molecular complexity index is 1120. The molecule has 0 aliphatic heterocycles. The third-order valence-electron chi connectivity index (χ3n) is 4.70. The van der Waals surface area contributed by atoms with E-state index in [0.29, 0.717) is 51.2 Å². The van der Waals surface area contributed by atoms with Gasteiger partial charge in [-0.15, -0.1) is 0 Å². The van der Waals surface area contributed by atoms with Crippen molar-refractivity contribution in [3.05, 3.63) is 70.1 Å². The Balaban J connectivity index is 1.72. The number of nitrogens with one attached hydrogen (secondary N) is 2. The van der Waals surface area contributed by atoms with Gasteiger partial charge in [-0.3, -0.25) is 4.79 Å².